The van der Waals surface area contributed by atoms with E-state index in [1.54, 1.807) is 37.3 Å². The number of nitrogens with one attached hydrogen (secondary N) is 3. The van der Waals surface area contributed by atoms with Crippen molar-refractivity contribution in [3.05, 3.63) is 35.9 Å². The number of piperazine rings is 1. The minimum atomic E-state index is -1.12. The van der Waals surface area contributed by atoms with Gasteiger partial charge >= 0.3 is 23.8 Å². The number of likely N-dealkylation sites (N-methyl/N-ethyl adjacent to an activating group) is 1. The standard InChI is InChI=1S/C22H29N5O6S/c1-4-26-10-11-27(19(30)18(26)29)21(33)25-15(13-8-6-5-7-9-13)17(28)23-12-14-24-16(20(31)32)22(2,3)34-14/h5-9,14-16,24H,4,10-12H2,1-3H3,(H,23,28)(H,25,33)(H,31,32)/t14?,15-,16+/m1/s1. The number of urea groups is 1. The maximum absolute atomic E-state index is 13.1. The summed E-state index contributed by atoms with van der Waals surface area (Å²) in [7, 11) is 0. The lowest BCUT2D eigenvalue weighted by atomic mass is 10.0. The second-order valence-electron chi connectivity index (χ2n) is 8.53. The van der Waals surface area contributed by atoms with E-state index in [0.29, 0.717) is 12.1 Å². The Morgan fingerprint density at radius 2 is 1.85 bits per heavy atom. The van der Waals surface area contributed by atoms with Crippen LogP contribution >= 0.6 is 11.8 Å². The zero-order chi connectivity index (χ0) is 25.0. The molecule has 3 rings (SSSR count). The Balaban J connectivity index is 1.69. The van der Waals surface area contributed by atoms with Crippen molar-refractivity contribution in [2.75, 3.05) is 26.2 Å². The fraction of sp³-hybridized carbons (Fsp3) is 0.500. The molecule has 2 fully saturated rings. The summed E-state index contributed by atoms with van der Waals surface area (Å²) in [4.78, 5) is 64.1. The van der Waals surface area contributed by atoms with E-state index in [4.69, 9.17) is 0 Å². The van der Waals surface area contributed by atoms with E-state index in [-0.39, 0.29) is 25.0 Å². The van der Waals surface area contributed by atoms with Crippen LogP contribution in [0.25, 0.3) is 0 Å². The van der Waals surface area contributed by atoms with Gasteiger partial charge in [-0.1, -0.05) is 30.3 Å². The first-order chi connectivity index (χ1) is 16.0. The van der Waals surface area contributed by atoms with Crippen molar-refractivity contribution in [3.63, 3.8) is 0 Å². The lowest BCUT2D eigenvalue weighted by molar-refractivity contribution is -0.153. The summed E-state index contributed by atoms with van der Waals surface area (Å²) >= 11 is 1.40. The van der Waals surface area contributed by atoms with Crippen molar-refractivity contribution in [1.29, 1.82) is 0 Å². The van der Waals surface area contributed by atoms with Crippen LogP contribution in [0.1, 0.15) is 32.4 Å². The number of thioether (sulfide) groups is 1. The number of hydrogen-bond donors (Lipinski definition) is 4. The first kappa shape index (κ1) is 25.5. The Morgan fingerprint density at radius 1 is 1.18 bits per heavy atom. The van der Waals surface area contributed by atoms with Crippen molar-refractivity contribution in [1.82, 2.24) is 25.8 Å². The summed E-state index contributed by atoms with van der Waals surface area (Å²) in [5.74, 6) is -3.19. The highest BCUT2D eigenvalue weighted by Gasteiger charge is 2.45. The van der Waals surface area contributed by atoms with Gasteiger partial charge in [-0.3, -0.25) is 29.4 Å². The van der Waals surface area contributed by atoms with E-state index in [0.717, 1.165) is 4.90 Å². The number of imide groups is 1. The minimum Gasteiger partial charge on any atom is -0.480 e. The Kier molecular flexibility index (Phi) is 7.82. The summed E-state index contributed by atoms with van der Waals surface area (Å²) in [5.41, 5.74) is 0.495. The number of benzene rings is 1. The lowest BCUT2D eigenvalue weighted by Crippen LogP contribution is -2.59. The van der Waals surface area contributed by atoms with Crippen LogP contribution < -0.4 is 16.0 Å². The molecule has 0 aliphatic carbocycles. The van der Waals surface area contributed by atoms with Crippen LogP contribution in [0.5, 0.6) is 0 Å². The second-order valence-corrected chi connectivity index (χ2v) is 10.4. The average molecular weight is 492 g/mol. The molecule has 1 aromatic rings. The molecule has 0 spiro atoms. The summed E-state index contributed by atoms with van der Waals surface area (Å²) in [6.07, 6.45) is 0. The molecule has 0 saturated carbocycles. The summed E-state index contributed by atoms with van der Waals surface area (Å²) in [6, 6.07) is 5.80. The van der Waals surface area contributed by atoms with Crippen LogP contribution in [-0.2, 0) is 19.2 Å². The van der Waals surface area contributed by atoms with E-state index in [2.05, 4.69) is 16.0 Å². The normalized spacial score (nSPS) is 22.9. The fourth-order valence-electron chi connectivity index (χ4n) is 3.94. The topological polar surface area (TPSA) is 148 Å². The van der Waals surface area contributed by atoms with E-state index in [1.165, 1.54) is 16.7 Å². The molecular weight excluding hydrogens is 462 g/mol. The van der Waals surface area contributed by atoms with Crippen LogP contribution in [0.2, 0.25) is 0 Å². The zero-order valence-electron chi connectivity index (χ0n) is 19.2. The first-order valence-electron chi connectivity index (χ1n) is 11.0. The van der Waals surface area contributed by atoms with Gasteiger partial charge in [-0.25, -0.2) is 4.79 Å². The molecule has 2 aliphatic heterocycles. The number of aliphatic carboxylic acids is 1. The van der Waals surface area contributed by atoms with E-state index in [9.17, 15) is 29.1 Å². The summed E-state index contributed by atoms with van der Waals surface area (Å²) in [6.45, 7) is 6.12. The molecule has 2 heterocycles. The van der Waals surface area contributed by atoms with Gasteiger partial charge in [-0.2, -0.15) is 0 Å². The second kappa shape index (κ2) is 10.4. The van der Waals surface area contributed by atoms with Crippen molar-refractivity contribution in [2.45, 2.75) is 43.0 Å². The van der Waals surface area contributed by atoms with Crippen molar-refractivity contribution < 1.29 is 29.1 Å². The van der Waals surface area contributed by atoms with E-state index in [1.807, 2.05) is 13.8 Å². The van der Waals surface area contributed by atoms with Gasteiger partial charge in [-0.05, 0) is 26.3 Å². The number of amides is 5. The fourth-order valence-corrected chi connectivity index (χ4v) is 5.35. The largest absolute Gasteiger partial charge is 0.480 e. The monoisotopic (exact) mass is 491 g/mol. The molecule has 12 heteroatoms. The quantitative estimate of drug-likeness (QED) is 0.394. The van der Waals surface area contributed by atoms with Gasteiger partial charge < -0.3 is 20.6 Å². The Bertz CT molecular complexity index is 972. The number of carbonyl (C=O) groups is 5. The predicted molar refractivity (Wildman–Crippen MR) is 125 cm³/mol. The van der Waals surface area contributed by atoms with Crippen LogP contribution in [-0.4, -0.2) is 87.0 Å². The molecule has 1 aromatic carbocycles. The number of carboxylic acid groups (broad SMARTS) is 1. The average Bonchev–Trinajstić information content (AvgIpc) is 3.12. The molecule has 34 heavy (non-hydrogen) atoms. The molecule has 1 unspecified atom stereocenters. The van der Waals surface area contributed by atoms with Crippen molar-refractivity contribution in [3.8, 4) is 0 Å². The number of hydrogen-bond acceptors (Lipinski definition) is 7. The molecule has 184 valence electrons. The molecule has 2 saturated heterocycles. The molecule has 11 nitrogen and oxygen atoms in total. The number of carbonyl (C=O) groups excluding carboxylic acids is 4. The van der Waals surface area contributed by atoms with Gasteiger partial charge in [-0.15, -0.1) is 11.8 Å². The molecule has 5 amide bonds. The van der Waals surface area contributed by atoms with E-state index < -0.39 is 46.6 Å². The molecule has 4 N–H and O–H groups in total. The van der Waals surface area contributed by atoms with Crippen LogP contribution in [0.15, 0.2) is 30.3 Å². The highest BCUT2D eigenvalue weighted by Crippen LogP contribution is 2.37. The molecule has 0 aromatic heterocycles. The first-order valence-corrected chi connectivity index (χ1v) is 11.8. The third-order valence-electron chi connectivity index (χ3n) is 5.80. The van der Waals surface area contributed by atoms with Crippen LogP contribution in [0, 0.1) is 0 Å². The van der Waals surface area contributed by atoms with Crippen molar-refractivity contribution >= 4 is 41.5 Å². The maximum atomic E-state index is 13.1. The number of nitrogens with zero attached hydrogens (tertiary/aromatic N) is 2. The minimum absolute atomic E-state index is 0.0294. The van der Waals surface area contributed by atoms with Crippen LogP contribution in [0.4, 0.5) is 4.79 Å². The van der Waals surface area contributed by atoms with Gasteiger partial charge in [0.05, 0.1) is 5.37 Å². The summed E-state index contributed by atoms with van der Waals surface area (Å²) in [5, 5.41) is 17.4. The lowest BCUT2D eigenvalue weighted by Gasteiger charge is -2.32. The van der Waals surface area contributed by atoms with Gasteiger partial charge in [0.1, 0.15) is 12.1 Å². The third kappa shape index (κ3) is 5.50. The molecule has 2 aliphatic rings. The van der Waals surface area contributed by atoms with E-state index >= 15 is 0 Å². The maximum Gasteiger partial charge on any atom is 0.325 e. The smallest absolute Gasteiger partial charge is 0.325 e. The molecular formula is C22H29N5O6S. The predicted octanol–water partition coefficient (Wildman–Crippen LogP) is 0.139. The molecule has 0 bridgehead atoms. The number of carboxylic acids is 1. The SMILES string of the molecule is CCN1CCN(C(=O)N[C@@H](C(=O)NCC2N[C@@H](C(=O)O)C(C)(C)S2)c2ccccc2)C(=O)C1=O. The Labute approximate surface area is 201 Å². The highest BCUT2D eigenvalue weighted by molar-refractivity contribution is 8.01. The van der Waals surface area contributed by atoms with Gasteiger partial charge in [0.25, 0.3) is 0 Å². The number of rotatable bonds is 7. The van der Waals surface area contributed by atoms with Gasteiger partial charge in [0.2, 0.25) is 5.91 Å². The molecule has 0 radical (unpaired) electrons. The summed E-state index contributed by atoms with van der Waals surface area (Å²) < 4.78 is -0.568. The van der Waals surface area contributed by atoms with Crippen LogP contribution in [0.3, 0.4) is 0 Å². The van der Waals surface area contributed by atoms with Gasteiger partial charge in [0.15, 0.2) is 0 Å². The Morgan fingerprint density at radius 3 is 2.44 bits per heavy atom. The third-order valence-corrected chi connectivity index (χ3v) is 7.23. The Hall–Kier alpha value is -3.12. The van der Waals surface area contributed by atoms with Crippen molar-refractivity contribution in [2.24, 2.45) is 0 Å². The zero-order valence-corrected chi connectivity index (χ0v) is 20.1. The van der Waals surface area contributed by atoms with Gasteiger partial charge in [0, 0.05) is 30.9 Å². The highest BCUT2D eigenvalue weighted by atomic mass is 32.2. The molecule has 3 atom stereocenters.